The summed E-state index contributed by atoms with van der Waals surface area (Å²) in [7, 11) is 1.61. The molecule has 0 bridgehead atoms. The molecule has 0 saturated heterocycles. The van der Waals surface area contributed by atoms with Crippen LogP contribution < -0.4 is 25.8 Å². The highest BCUT2D eigenvalue weighted by molar-refractivity contribution is 5.83. The fourth-order valence-electron chi connectivity index (χ4n) is 4.42. The van der Waals surface area contributed by atoms with E-state index in [1.54, 1.807) is 19.2 Å². The van der Waals surface area contributed by atoms with E-state index in [4.69, 9.17) is 15.2 Å². The lowest BCUT2D eigenvalue weighted by Gasteiger charge is -2.29. The van der Waals surface area contributed by atoms with Gasteiger partial charge in [0.05, 0.1) is 19.2 Å². The highest BCUT2D eigenvalue weighted by atomic mass is 16.5. The van der Waals surface area contributed by atoms with Crippen LogP contribution in [-0.2, 0) is 11.2 Å². The molecule has 4 rings (SSSR count). The molecule has 0 saturated carbocycles. The second-order valence-electron chi connectivity index (χ2n) is 8.65. The first kappa shape index (κ1) is 23.4. The van der Waals surface area contributed by atoms with E-state index in [9.17, 15) is 9.90 Å². The predicted octanol–water partition coefficient (Wildman–Crippen LogP) is 4.35. The number of phenolic OH excluding ortho intramolecular Hbond substituents is 1. The van der Waals surface area contributed by atoms with Crippen LogP contribution in [0, 0.1) is 13.8 Å². The number of hydrogen-bond acceptors (Lipinski definition) is 6. The number of aromatic hydroxyl groups is 1. The van der Waals surface area contributed by atoms with Crippen molar-refractivity contribution in [3.8, 4) is 23.0 Å². The largest absolute Gasteiger partial charge is 0.508 e. The van der Waals surface area contributed by atoms with Gasteiger partial charge >= 0.3 is 0 Å². The summed E-state index contributed by atoms with van der Waals surface area (Å²) < 4.78 is 11.5. The Morgan fingerprint density at radius 1 is 1.15 bits per heavy atom. The second kappa shape index (κ2) is 10.1. The summed E-state index contributed by atoms with van der Waals surface area (Å²) in [5.41, 5.74) is 11.0. The summed E-state index contributed by atoms with van der Waals surface area (Å²) >= 11 is 0. The Balaban J connectivity index is 1.50. The molecule has 0 aliphatic carbocycles. The Bertz CT molecular complexity index is 1170. The number of amides is 1. The molecule has 0 aromatic heterocycles. The number of nitrogens with two attached hydrogens (primary N) is 1. The zero-order valence-corrected chi connectivity index (χ0v) is 19.7. The molecule has 1 aliphatic rings. The Morgan fingerprint density at radius 3 is 2.56 bits per heavy atom. The highest BCUT2D eigenvalue weighted by Gasteiger charge is 2.25. The van der Waals surface area contributed by atoms with Gasteiger partial charge in [-0.25, -0.2) is 0 Å². The smallest absolute Gasteiger partial charge is 0.237 e. The zero-order valence-electron chi connectivity index (χ0n) is 19.7. The molecule has 0 spiro atoms. The van der Waals surface area contributed by atoms with Gasteiger partial charge in [-0.05, 0) is 85.8 Å². The number of anilines is 1. The summed E-state index contributed by atoms with van der Waals surface area (Å²) in [4.78, 5) is 13.0. The maximum Gasteiger partial charge on any atom is 0.237 e. The Morgan fingerprint density at radius 2 is 1.85 bits per heavy atom. The summed E-state index contributed by atoms with van der Waals surface area (Å²) in [6.07, 6.45) is 1.14. The fraction of sp³-hybridized carbons (Fsp3) is 0.296. The van der Waals surface area contributed by atoms with Gasteiger partial charge in [0.15, 0.2) is 11.5 Å². The molecule has 2 atom stereocenters. The van der Waals surface area contributed by atoms with Crippen LogP contribution in [0.2, 0.25) is 0 Å². The van der Waals surface area contributed by atoms with Crippen molar-refractivity contribution in [3.05, 3.63) is 76.9 Å². The average molecular weight is 462 g/mol. The minimum Gasteiger partial charge on any atom is -0.508 e. The third-order valence-corrected chi connectivity index (χ3v) is 6.20. The summed E-state index contributed by atoms with van der Waals surface area (Å²) in [6, 6.07) is 15.8. The van der Waals surface area contributed by atoms with Crippen molar-refractivity contribution < 1.29 is 19.4 Å². The number of benzene rings is 3. The van der Waals surface area contributed by atoms with Gasteiger partial charge in [0, 0.05) is 17.8 Å². The molecule has 1 heterocycles. The van der Waals surface area contributed by atoms with Crippen molar-refractivity contribution >= 4 is 11.6 Å². The first-order valence-electron chi connectivity index (χ1n) is 11.4. The number of para-hydroxylation sites is 2. The monoisotopic (exact) mass is 461 g/mol. The van der Waals surface area contributed by atoms with E-state index >= 15 is 0 Å². The van der Waals surface area contributed by atoms with E-state index in [0.29, 0.717) is 23.7 Å². The normalized spacial score (nSPS) is 15.6. The van der Waals surface area contributed by atoms with E-state index in [1.807, 2.05) is 56.3 Å². The lowest BCUT2D eigenvalue weighted by atomic mass is 9.94. The van der Waals surface area contributed by atoms with Crippen LogP contribution in [0.1, 0.15) is 34.7 Å². The summed E-state index contributed by atoms with van der Waals surface area (Å²) in [6.45, 7) is 4.58. The number of methoxy groups -OCH3 is 1. The minimum atomic E-state index is -0.701. The van der Waals surface area contributed by atoms with E-state index in [2.05, 4.69) is 10.6 Å². The van der Waals surface area contributed by atoms with Crippen molar-refractivity contribution in [1.82, 2.24) is 5.32 Å². The minimum absolute atomic E-state index is 0.182. The molecule has 1 aliphatic heterocycles. The molecule has 3 aromatic rings. The molecule has 7 heteroatoms. The molecule has 5 N–H and O–H groups in total. The summed E-state index contributed by atoms with van der Waals surface area (Å²) in [5.74, 6) is 1.94. The maximum absolute atomic E-state index is 13.0. The van der Waals surface area contributed by atoms with Gasteiger partial charge in [-0.1, -0.05) is 12.1 Å². The zero-order chi connectivity index (χ0) is 24.2. The average Bonchev–Trinajstić information content (AvgIpc) is 2.82. The van der Waals surface area contributed by atoms with Crippen molar-refractivity contribution in [1.29, 1.82) is 0 Å². The van der Waals surface area contributed by atoms with Crippen LogP contribution >= 0.6 is 0 Å². The van der Waals surface area contributed by atoms with Crippen LogP contribution in [-0.4, -0.2) is 30.7 Å². The standard InChI is InChI=1S/C27H31N3O4/c1-16-12-18(31)13-17(2)20(16)15-22(28)27(32)30-24-10-11-29-23-9-8-19(14-21(23)24)34-26-7-5-4-6-25(26)33-3/h4-9,12-14,22,24,29,31H,10-11,15,28H2,1-3H3,(H,30,32)/t22-,24+/m0/s1. The number of aryl methyl sites for hydroxylation is 2. The quantitative estimate of drug-likeness (QED) is 0.417. The van der Waals surface area contributed by atoms with Gasteiger partial charge in [0.25, 0.3) is 0 Å². The van der Waals surface area contributed by atoms with E-state index in [1.165, 1.54) is 0 Å². The van der Waals surface area contributed by atoms with Crippen molar-refractivity contribution in [2.24, 2.45) is 5.73 Å². The predicted molar refractivity (Wildman–Crippen MR) is 133 cm³/mol. The fourth-order valence-corrected chi connectivity index (χ4v) is 4.42. The van der Waals surface area contributed by atoms with Gasteiger partial charge in [-0.3, -0.25) is 4.79 Å². The van der Waals surface area contributed by atoms with E-state index in [-0.39, 0.29) is 17.7 Å². The summed E-state index contributed by atoms with van der Waals surface area (Å²) in [5, 5.41) is 16.3. The molecule has 3 aromatic carbocycles. The van der Waals surface area contributed by atoms with Gasteiger partial charge in [0.1, 0.15) is 11.5 Å². The molecular formula is C27H31N3O4. The van der Waals surface area contributed by atoms with Crippen molar-refractivity contribution in [3.63, 3.8) is 0 Å². The van der Waals surface area contributed by atoms with Crippen LogP contribution in [0.4, 0.5) is 5.69 Å². The number of phenols is 1. The first-order chi connectivity index (χ1) is 16.4. The van der Waals surface area contributed by atoms with Crippen molar-refractivity contribution in [2.75, 3.05) is 19.0 Å². The molecule has 34 heavy (non-hydrogen) atoms. The number of rotatable bonds is 7. The number of fused-ring (bicyclic) bond motifs is 1. The van der Waals surface area contributed by atoms with Gasteiger partial charge < -0.3 is 30.9 Å². The van der Waals surface area contributed by atoms with Gasteiger partial charge in [-0.2, -0.15) is 0 Å². The first-order valence-corrected chi connectivity index (χ1v) is 11.4. The molecule has 1 amide bonds. The Hall–Kier alpha value is -3.71. The lowest BCUT2D eigenvalue weighted by molar-refractivity contribution is -0.123. The number of nitrogens with one attached hydrogen (secondary N) is 2. The number of hydrogen-bond donors (Lipinski definition) is 4. The third kappa shape index (κ3) is 5.10. The molecule has 0 fully saturated rings. The topological polar surface area (TPSA) is 106 Å². The van der Waals surface area contributed by atoms with E-state index in [0.717, 1.165) is 40.9 Å². The lowest BCUT2D eigenvalue weighted by Crippen LogP contribution is -2.44. The second-order valence-corrected chi connectivity index (χ2v) is 8.65. The molecule has 0 unspecified atom stereocenters. The number of ether oxygens (including phenoxy) is 2. The van der Waals surface area contributed by atoms with Gasteiger partial charge in [0.2, 0.25) is 5.91 Å². The van der Waals surface area contributed by atoms with Crippen LogP contribution in [0.15, 0.2) is 54.6 Å². The molecule has 178 valence electrons. The SMILES string of the molecule is COc1ccccc1Oc1ccc2c(c1)[C@H](NC(=O)[C@@H](N)Cc1c(C)cc(O)cc1C)CCN2. The molecule has 0 radical (unpaired) electrons. The maximum atomic E-state index is 13.0. The number of carbonyl (C=O) groups excluding carboxylic acids is 1. The third-order valence-electron chi connectivity index (χ3n) is 6.20. The highest BCUT2D eigenvalue weighted by Crippen LogP contribution is 2.36. The molecule has 7 nitrogen and oxygen atoms in total. The molecular weight excluding hydrogens is 430 g/mol. The van der Waals surface area contributed by atoms with Crippen molar-refractivity contribution in [2.45, 2.75) is 38.8 Å². The number of carbonyl (C=O) groups is 1. The Kier molecular flexibility index (Phi) is 6.93. The van der Waals surface area contributed by atoms with Gasteiger partial charge in [-0.15, -0.1) is 0 Å². The van der Waals surface area contributed by atoms with Crippen LogP contribution in [0.5, 0.6) is 23.0 Å². The van der Waals surface area contributed by atoms with E-state index < -0.39 is 6.04 Å². The Labute approximate surface area is 199 Å². The van der Waals surface area contributed by atoms with Crippen LogP contribution in [0.3, 0.4) is 0 Å². The van der Waals surface area contributed by atoms with Crippen LogP contribution in [0.25, 0.3) is 0 Å².